The minimum Gasteiger partial charge on any atom is -0.359 e. The van der Waals surface area contributed by atoms with Crippen LogP contribution in [0.5, 0.6) is 0 Å². The lowest BCUT2D eigenvalue weighted by Gasteiger charge is -2.59. The zero-order valence-corrected chi connectivity index (χ0v) is 15.5. The molecule has 0 aromatic heterocycles. The van der Waals surface area contributed by atoms with Gasteiger partial charge in [-0.05, 0) is 92.5 Å². The fraction of sp³-hybridized carbons (Fsp3) is 0.650. The molecular formula is C20H26F2N2S. The Kier molecular flexibility index (Phi) is 4.47. The van der Waals surface area contributed by atoms with E-state index >= 15 is 0 Å². The molecule has 0 amide bonds. The molecule has 136 valence electrons. The first-order valence-corrected chi connectivity index (χ1v) is 9.91. The lowest BCUT2D eigenvalue weighted by Crippen LogP contribution is -2.57. The number of anilines is 1. The van der Waals surface area contributed by atoms with Crippen LogP contribution in [0.2, 0.25) is 0 Å². The summed E-state index contributed by atoms with van der Waals surface area (Å²) in [5.41, 5.74) is 0.565. The molecule has 0 spiro atoms. The molecule has 0 heterocycles. The Morgan fingerprint density at radius 1 is 1.16 bits per heavy atom. The van der Waals surface area contributed by atoms with E-state index in [1.54, 1.807) is 0 Å². The van der Waals surface area contributed by atoms with Gasteiger partial charge in [0.25, 0.3) is 0 Å². The maximum Gasteiger partial charge on any atom is 0.171 e. The van der Waals surface area contributed by atoms with Gasteiger partial charge in [0, 0.05) is 12.1 Å². The largest absolute Gasteiger partial charge is 0.359 e. The second-order valence-corrected chi connectivity index (χ2v) is 8.87. The molecule has 4 bridgehead atoms. The molecule has 1 atom stereocenters. The van der Waals surface area contributed by atoms with Crippen LogP contribution in [0.3, 0.4) is 0 Å². The van der Waals surface area contributed by atoms with E-state index in [1.165, 1.54) is 50.7 Å². The quantitative estimate of drug-likeness (QED) is 0.714. The second kappa shape index (κ2) is 6.49. The highest BCUT2D eigenvalue weighted by Gasteiger charge is 2.53. The molecular weight excluding hydrogens is 338 g/mol. The summed E-state index contributed by atoms with van der Waals surface area (Å²) in [6, 6.07) is 3.83. The van der Waals surface area contributed by atoms with Gasteiger partial charge in [0.15, 0.2) is 5.11 Å². The van der Waals surface area contributed by atoms with Gasteiger partial charge in [-0.2, -0.15) is 0 Å². The maximum atomic E-state index is 13.9. The van der Waals surface area contributed by atoms with E-state index in [9.17, 15) is 8.78 Å². The third-order valence-corrected chi connectivity index (χ3v) is 6.94. The lowest BCUT2D eigenvalue weighted by molar-refractivity contribution is -0.0709. The summed E-state index contributed by atoms with van der Waals surface area (Å²) in [7, 11) is 0. The van der Waals surface area contributed by atoms with Crippen LogP contribution in [-0.2, 0) is 0 Å². The van der Waals surface area contributed by atoms with Crippen LogP contribution in [0.4, 0.5) is 14.5 Å². The SMILES string of the molecule is CCC(NC(=S)Nc1ccc(F)cc1F)C12CC3CC(CC(C3)C1)C2. The van der Waals surface area contributed by atoms with E-state index in [-0.39, 0.29) is 5.69 Å². The normalized spacial score (nSPS) is 34.0. The van der Waals surface area contributed by atoms with E-state index in [0.717, 1.165) is 30.2 Å². The standard InChI is InChI=1S/C20H26F2N2S/c1-2-18(20-9-12-5-13(10-20)7-14(6-12)11-20)24-19(25)23-17-4-3-15(21)8-16(17)22/h3-4,8,12-14,18H,2,5-7,9-11H2,1H3,(H2,23,24,25). The first-order chi connectivity index (χ1) is 12.0. The van der Waals surface area contributed by atoms with E-state index in [1.807, 2.05) is 0 Å². The van der Waals surface area contributed by atoms with Gasteiger partial charge in [0.05, 0.1) is 5.69 Å². The number of rotatable bonds is 4. The van der Waals surface area contributed by atoms with Crippen LogP contribution in [0.1, 0.15) is 51.9 Å². The molecule has 0 radical (unpaired) electrons. The van der Waals surface area contributed by atoms with Gasteiger partial charge in [-0.3, -0.25) is 0 Å². The molecule has 4 aliphatic rings. The van der Waals surface area contributed by atoms with Crippen molar-refractivity contribution in [3.63, 3.8) is 0 Å². The van der Waals surface area contributed by atoms with Crippen molar-refractivity contribution in [2.24, 2.45) is 23.2 Å². The molecule has 4 fully saturated rings. The van der Waals surface area contributed by atoms with Gasteiger partial charge in [-0.1, -0.05) is 6.92 Å². The molecule has 4 aliphatic carbocycles. The molecule has 4 saturated carbocycles. The number of halogens is 2. The average molecular weight is 365 g/mol. The third-order valence-electron chi connectivity index (χ3n) is 6.72. The Morgan fingerprint density at radius 3 is 2.28 bits per heavy atom. The van der Waals surface area contributed by atoms with Crippen molar-refractivity contribution in [3.05, 3.63) is 29.8 Å². The monoisotopic (exact) mass is 364 g/mol. The first kappa shape index (κ1) is 17.2. The number of hydrogen-bond acceptors (Lipinski definition) is 1. The van der Waals surface area contributed by atoms with Crippen molar-refractivity contribution >= 4 is 23.0 Å². The number of benzene rings is 1. The summed E-state index contributed by atoms with van der Waals surface area (Å²) in [5.74, 6) is 1.46. The molecule has 1 aromatic rings. The summed E-state index contributed by atoms with van der Waals surface area (Å²) in [6.45, 7) is 2.21. The Morgan fingerprint density at radius 2 is 1.76 bits per heavy atom. The number of thiocarbonyl (C=S) groups is 1. The predicted molar refractivity (Wildman–Crippen MR) is 100 cm³/mol. The molecule has 0 saturated heterocycles. The number of hydrogen-bond donors (Lipinski definition) is 2. The highest BCUT2D eigenvalue weighted by molar-refractivity contribution is 7.80. The van der Waals surface area contributed by atoms with E-state index in [0.29, 0.717) is 16.6 Å². The predicted octanol–water partition coefficient (Wildman–Crippen LogP) is 5.25. The van der Waals surface area contributed by atoms with Crippen LogP contribution >= 0.6 is 12.2 Å². The molecule has 5 rings (SSSR count). The van der Waals surface area contributed by atoms with Crippen LogP contribution in [0, 0.1) is 34.8 Å². The van der Waals surface area contributed by atoms with Crippen molar-refractivity contribution in [1.82, 2.24) is 5.32 Å². The van der Waals surface area contributed by atoms with Crippen LogP contribution in [-0.4, -0.2) is 11.2 Å². The Labute approximate surface area is 153 Å². The summed E-state index contributed by atoms with van der Waals surface area (Å²) < 4.78 is 26.9. The first-order valence-electron chi connectivity index (χ1n) is 9.50. The molecule has 5 heteroatoms. The van der Waals surface area contributed by atoms with Crippen molar-refractivity contribution < 1.29 is 8.78 Å². The number of nitrogens with one attached hydrogen (secondary N) is 2. The lowest BCUT2D eigenvalue weighted by atomic mass is 9.47. The van der Waals surface area contributed by atoms with Gasteiger partial charge in [0.2, 0.25) is 0 Å². The Balaban J connectivity index is 1.46. The van der Waals surface area contributed by atoms with Crippen molar-refractivity contribution in [2.75, 3.05) is 5.32 Å². The van der Waals surface area contributed by atoms with E-state index < -0.39 is 11.6 Å². The van der Waals surface area contributed by atoms with Gasteiger partial charge in [0.1, 0.15) is 11.6 Å². The Hall–Kier alpha value is -1.23. The summed E-state index contributed by atoms with van der Waals surface area (Å²) in [6.07, 6.45) is 9.17. The molecule has 0 aliphatic heterocycles. The molecule has 2 nitrogen and oxygen atoms in total. The van der Waals surface area contributed by atoms with Crippen LogP contribution in [0.15, 0.2) is 18.2 Å². The van der Waals surface area contributed by atoms with Crippen LogP contribution < -0.4 is 10.6 Å². The van der Waals surface area contributed by atoms with Gasteiger partial charge < -0.3 is 10.6 Å². The zero-order valence-electron chi connectivity index (χ0n) is 14.7. The van der Waals surface area contributed by atoms with Gasteiger partial charge >= 0.3 is 0 Å². The topological polar surface area (TPSA) is 24.1 Å². The fourth-order valence-corrected chi connectivity index (χ4v) is 6.45. The summed E-state index contributed by atoms with van der Waals surface area (Å²) in [5, 5.41) is 6.82. The highest BCUT2D eigenvalue weighted by atomic mass is 32.1. The summed E-state index contributed by atoms with van der Waals surface area (Å²) >= 11 is 5.44. The van der Waals surface area contributed by atoms with E-state index in [2.05, 4.69) is 17.6 Å². The van der Waals surface area contributed by atoms with Crippen LogP contribution in [0.25, 0.3) is 0 Å². The smallest absolute Gasteiger partial charge is 0.171 e. The minimum atomic E-state index is -0.619. The molecule has 25 heavy (non-hydrogen) atoms. The highest BCUT2D eigenvalue weighted by Crippen LogP contribution is 2.61. The zero-order chi connectivity index (χ0) is 17.6. The molecule has 1 aromatic carbocycles. The average Bonchev–Trinajstić information content (AvgIpc) is 2.54. The molecule has 1 unspecified atom stereocenters. The van der Waals surface area contributed by atoms with Gasteiger partial charge in [-0.15, -0.1) is 0 Å². The van der Waals surface area contributed by atoms with Gasteiger partial charge in [-0.25, -0.2) is 8.78 Å². The summed E-state index contributed by atoms with van der Waals surface area (Å²) in [4.78, 5) is 0. The minimum absolute atomic E-state index is 0.222. The molecule has 2 N–H and O–H groups in total. The van der Waals surface area contributed by atoms with Crippen molar-refractivity contribution in [2.45, 2.75) is 57.9 Å². The van der Waals surface area contributed by atoms with E-state index in [4.69, 9.17) is 12.2 Å². The van der Waals surface area contributed by atoms with Crippen molar-refractivity contribution in [3.8, 4) is 0 Å². The second-order valence-electron chi connectivity index (χ2n) is 8.46. The third kappa shape index (κ3) is 3.27. The fourth-order valence-electron chi connectivity index (χ4n) is 6.20. The van der Waals surface area contributed by atoms with Crippen molar-refractivity contribution in [1.29, 1.82) is 0 Å². The Bertz CT molecular complexity index is 640. The maximum absolute atomic E-state index is 13.9.